The van der Waals surface area contributed by atoms with Gasteiger partial charge in [-0.1, -0.05) is 188 Å². The largest absolute Gasteiger partial charge is 0.377 e. The maximum Gasteiger partial charge on any atom is 0.0632 e. The molecular weight excluding hydrogens is 630 g/mol. The molecule has 0 heterocycles. The van der Waals surface area contributed by atoms with Crippen LogP contribution >= 0.6 is 15.0 Å². The SMILES string of the molecule is Cc1ccc(N=P(c2ccccc2)(c2ccccc2)c2ccccc2NC(CP(c2ccccc2)c2ccccc2)c2ccccc2)cc1. The van der Waals surface area contributed by atoms with Crippen LogP contribution in [0.3, 0.4) is 0 Å². The molecule has 0 saturated heterocycles. The fourth-order valence-electron chi connectivity index (χ4n) is 6.41. The molecule has 1 N–H and O–H groups in total. The molecule has 240 valence electrons. The summed E-state index contributed by atoms with van der Waals surface area (Å²) in [6, 6.07) is 72.4. The molecule has 2 nitrogen and oxygen atoms in total. The highest BCUT2D eigenvalue weighted by atomic mass is 31.2. The van der Waals surface area contributed by atoms with Crippen LogP contribution in [0.1, 0.15) is 17.2 Å². The molecular formula is C45H40N2P2. The van der Waals surface area contributed by atoms with Gasteiger partial charge in [0.2, 0.25) is 0 Å². The van der Waals surface area contributed by atoms with Crippen LogP contribution in [0.15, 0.2) is 205 Å². The first-order chi connectivity index (χ1) is 24.2. The quantitative estimate of drug-likeness (QED) is 0.136. The first-order valence-corrected chi connectivity index (χ1v) is 20.1. The number of aryl methyl sites for hydroxylation is 1. The second-order valence-corrected chi connectivity index (χ2v) is 17.4. The van der Waals surface area contributed by atoms with Gasteiger partial charge in [-0.3, -0.25) is 4.74 Å². The standard InChI is InChI=1S/C45H40N2P2/c1-36-31-33-38(34-32-36)47-49(41-25-13-5-14-26-41,42-27-15-6-16-28-42)45-30-18-17-29-43(45)46-44(37-19-7-2-8-20-37)35-48(39-21-9-3-10-22-39)40-23-11-4-12-24-40/h2-34,44,46H,35H2,1H3. The second kappa shape index (κ2) is 15.5. The van der Waals surface area contributed by atoms with E-state index in [4.69, 9.17) is 4.74 Å². The van der Waals surface area contributed by atoms with Crippen LogP contribution in [0.2, 0.25) is 0 Å². The molecule has 1 atom stereocenters. The molecule has 49 heavy (non-hydrogen) atoms. The maximum absolute atomic E-state index is 5.81. The first-order valence-electron chi connectivity index (χ1n) is 16.8. The minimum absolute atomic E-state index is 0.0571. The molecule has 0 aliphatic carbocycles. The van der Waals surface area contributed by atoms with Crippen molar-refractivity contribution in [1.82, 2.24) is 0 Å². The predicted octanol–water partition coefficient (Wildman–Crippen LogP) is 10.1. The van der Waals surface area contributed by atoms with Crippen molar-refractivity contribution in [2.75, 3.05) is 11.5 Å². The minimum Gasteiger partial charge on any atom is -0.377 e. The predicted molar refractivity (Wildman–Crippen MR) is 215 cm³/mol. The molecule has 7 rings (SSSR count). The van der Waals surface area contributed by atoms with E-state index in [1.165, 1.54) is 37.6 Å². The lowest BCUT2D eigenvalue weighted by atomic mass is 10.1. The third-order valence-corrected chi connectivity index (χ3v) is 15.1. The van der Waals surface area contributed by atoms with Crippen molar-refractivity contribution in [3.05, 3.63) is 211 Å². The van der Waals surface area contributed by atoms with Gasteiger partial charge in [-0.05, 0) is 49.2 Å². The summed E-state index contributed by atoms with van der Waals surface area (Å²) < 4.78 is 5.81. The van der Waals surface area contributed by atoms with E-state index in [2.05, 4.69) is 212 Å². The van der Waals surface area contributed by atoms with Crippen LogP contribution in [0, 0.1) is 6.92 Å². The minimum atomic E-state index is -2.56. The summed E-state index contributed by atoms with van der Waals surface area (Å²) in [6.45, 7) is 2.13. The molecule has 0 aromatic heterocycles. The monoisotopic (exact) mass is 670 g/mol. The fraction of sp³-hybridized carbons (Fsp3) is 0.0667. The summed E-state index contributed by atoms with van der Waals surface area (Å²) in [4.78, 5) is 0. The van der Waals surface area contributed by atoms with Crippen molar-refractivity contribution < 1.29 is 0 Å². The van der Waals surface area contributed by atoms with Crippen LogP contribution < -0.4 is 31.8 Å². The Kier molecular flexibility index (Phi) is 10.3. The van der Waals surface area contributed by atoms with E-state index in [0.29, 0.717) is 0 Å². The van der Waals surface area contributed by atoms with Gasteiger partial charge < -0.3 is 5.32 Å². The normalized spacial score (nSPS) is 12.0. The average molecular weight is 671 g/mol. The topological polar surface area (TPSA) is 24.4 Å². The molecule has 7 aromatic rings. The molecule has 7 aromatic carbocycles. The molecule has 0 aliphatic heterocycles. The first kappa shape index (κ1) is 32.5. The molecule has 1 unspecified atom stereocenters. The Morgan fingerprint density at radius 1 is 0.510 bits per heavy atom. The molecule has 4 heteroatoms. The Labute approximate surface area is 292 Å². The van der Waals surface area contributed by atoms with E-state index in [1.54, 1.807) is 0 Å². The lowest BCUT2D eigenvalue weighted by Gasteiger charge is -2.32. The summed E-state index contributed by atoms with van der Waals surface area (Å²) in [6.07, 6.45) is 0.943. The zero-order valence-corrected chi connectivity index (χ0v) is 29.5. The number of rotatable bonds is 11. The summed E-state index contributed by atoms with van der Waals surface area (Å²) in [7, 11) is -3.21. The van der Waals surface area contributed by atoms with Crippen LogP contribution in [0.5, 0.6) is 0 Å². The molecule has 0 radical (unpaired) electrons. The average Bonchev–Trinajstić information content (AvgIpc) is 3.18. The Morgan fingerprint density at radius 3 is 1.49 bits per heavy atom. The third kappa shape index (κ3) is 7.38. The Hall–Kier alpha value is -5.00. The second-order valence-electron chi connectivity index (χ2n) is 12.1. The lowest BCUT2D eigenvalue weighted by molar-refractivity contribution is 0.896. The van der Waals surface area contributed by atoms with Gasteiger partial charge in [0.05, 0.1) is 18.8 Å². The van der Waals surface area contributed by atoms with Gasteiger partial charge in [0.1, 0.15) is 0 Å². The lowest BCUT2D eigenvalue weighted by Crippen LogP contribution is -2.29. The Morgan fingerprint density at radius 2 is 0.959 bits per heavy atom. The summed E-state index contributed by atoms with van der Waals surface area (Å²) in [5, 5.41) is 10.6. The van der Waals surface area contributed by atoms with Crippen LogP contribution in [0.4, 0.5) is 11.4 Å². The van der Waals surface area contributed by atoms with Crippen LogP contribution in [0.25, 0.3) is 0 Å². The van der Waals surface area contributed by atoms with Gasteiger partial charge in [0.15, 0.2) is 0 Å². The van der Waals surface area contributed by atoms with Crippen molar-refractivity contribution in [1.29, 1.82) is 0 Å². The number of hydrogen-bond acceptors (Lipinski definition) is 2. The number of nitrogens with one attached hydrogen (secondary N) is 1. The highest BCUT2D eigenvalue weighted by molar-refractivity contribution is 7.87. The molecule has 0 fully saturated rings. The van der Waals surface area contributed by atoms with E-state index in [9.17, 15) is 0 Å². The summed E-state index contributed by atoms with van der Waals surface area (Å²) >= 11 is 0. The number of para-hydroxylation sites is 1. The third-order valence-electron chi connectivity index (χ3n) is 8.84. The zero-order chi connectivity index (χ0) is 33.3. The number of benzene rings is 7. The Balaban J connectivity index is 1.43. The molecule has 0 aliphatic rings. The van der Waals surface area contributed by atoms with Crippen LogP contribution in [-0.2, 0) is 0 Å². The van der Waals surface area contributed by atoms with Gasteiger partial charge in [-0.15, -0.1) is 0 Å². The van der Waals surface area contributed by atoms with E-state index in [0.717, 1.165) is 17.5 Å². The van der Waals surface area contributed by atoms with Gasteiger partial charge >= 0.3 is 0 Å². The van der Waals surface area contributed by atoms with Gasteiger partial charge in [-0.25, -0.2) is 0 Å². The van der Waals surface area contributed by atoms with E-state index in [1.807, 2.05) is 0 Å². The molecule has 0 saturated carbocycles. The van der Waals surface area contributed by atoms with E-state index < -0.39 is 15.0 Å². The van der Waals surface area contributed by atoms with Crippen molar-refractivity contribution in [2.24, 2.45) is 4.74 Å². The summed E-state index contributed by atoms with van der Waals surface area (Å²) in [5.41, 5.74) is 4.60. The number of hydrogen-bond donors (Lipinski definition) is 1. The van der Waals surface area contributed by atoms with E-state index >= 15 is 0 Å². The zero-order valence-electron chi connectivity index (χ0n) is 27.7. The highest BCUT2D eigenvalue weighted by Gasteiger charge is 2.31. The number of anilines is 1. The molecule has 0 spiro atoms. The maximum atomic E-state index is 5.81. The van der Waals surface area contributed by atoms with Crippen molar-refractivity contribution in [3.8, 4) is 0 Å². The van der Waals surface area contributed by atoms with Crippen molar-refractivity contribution >= 4 is 52.9 Å². The van der Waals surface area contributed by atoms with Gasteiger partial charge in [0.25, 0.3) is 0 Å². The van der Waals surface area contributed by atoms with Gasteiger partial charge in [0, 0.05) is 27.8 Å². The fourth-order valence-corrected chi connectivity index (χ4v) is 12.5. The van der Waals surface area contributed by atoms with Crippen LogP contribution in [-0.4, -0.2) is 6.16 Å². The van der Waals surface area contributed by atoms with E-state index in [-0.39, 0.29) is 6.04 Å². The Bertz CT molecular complexity index is 2040. The van der Waals surface area contributed by atoms with Gasteiger partial charge in [-0.2, -0.15) is 0 Å². The highest BCUT2D eigenvalue weighted by Crippen LogP contribution is 2.51. The summed E-state index contributed by atoms with van der Waals surface area (Å²) in [5.74, 6) is 0. The van der Waals surface area contributed by atoms with Crippen molar-refractivity contribution in [2.45, 2.75) is 13.0 Å². The molecule has 0 bridgehead atoms. The molecule has 0 amide bonds. The van der Waals surface area contributed by atoms with Crippen molar-refractivity contribution in [3.63, 3.8) is 0 Å². The smallest absolute Gasteiger partial charge is 0.0632 e. The number of nitrogens with zero attached hydrogens (tertiary/aromatic N) is 1.